The number of nitrogens with zero attached hydrogens (tertiary/aromatic N) is 1. The summed E-state index contributed by atoms with van der Waals surface area (Å²) in [5.74, 6) is 0.494. The summed E-state index contributed by atoms with van der Waals surface area (Å²) in [7, 11) is 2.17. The Balaban J connectivity index is 2.00. The fourth-order valence-electron chi connectivity index (χ4n) is 2.90. The van der Waals surface area contributed by atoms with Gasteiger partial charge in [0.05, 0.1) is 39.1 Å². The lowest BCUT2D eigenvalue weighted by atomic mass is 10.1. The van der Waals surface area contributed by atoms with Crippen molar-refractivity contribution in [3.05, 3.63) is 10.6 Å². The number of carbonyl (C=O) groups is 1. The molecule has 0 aromatic rings. The van der Waals surface area contributed by atoms with Gasteiger partial charge in [-0.2, -0.15) is 0 Å². The number of hydrogen-bond donors (Lipinski definition) is 1. The van der Waals surface area contributed by atoms with Gasteiger partial charge in [-0.05, 0) is 17.4 Å². The number of piperazine rings is 1. The van der Waals surface area contributed by atoms with Gasteiger partial charge >= 0.3 is 0 Å². The molecule has 0 bridgehead atoms. The molecule has 1 N–H and O–H groups in total. The number of halogens is 2. The molecular weight excluding hydrogens is 271 g/mol. The number of carbonyl (C=O) groups excluding carboxylic acids is 1. The van der Waals surface area contributed by atoms with Crippen LogP contribution in [0.4, 0.5) is 0 Å². The molecule has 1 saturated carbocycles. The summed E-state index contributed by atoms with van der Waals surface area (Å²) in [4.78, 5) is 16.0. The molecule has 3 nitrogen and oxygen atoms in total. The molecule has 0 spiro atoms. The zero-order valence-corrected chi connectivity index (χ0v) is 12.7. The Bertz CT molecular complexity index is 369. The third kappa shape index (κ3) is 2.68. The molecule has 2 fully saturated rings. The van der Waals surface area contributed by atoms with E-state index in [4.69, 9.17) is 23.2 Å². The van der Waals surface area contributed by atoms with E-state index in [2.05, 4.69) is 20.9 Å². The van der Waals surface area contributed by atoms with Crippen LogP contribution in [-0.2, 0) is 4.79 Å². The third-order valence-electron chi connectivity index (χ3n) is 4.41. The van der Waals surface area contributed by atoms with Gasteiger partial charge in [0, 0.05) is 0 Å². The zero-order chi connectivity index (χ0) is 13.5. The highest BCUT2D eigenvalue weighted by Crippen LogP contribution is 2.60. The Morgan fingerprint density at radius 3 is 2.39 bits per heavy atom. The van der Waals surface area contributed by atoms with Gasteiger partial charge in [0.25, 0.3) is 0 Å². The second-order valence-corrected chi connectivity index (χ2v) is 7.07. The molecule has 2 aliphatic rings. The molecule has 0 unspecified atom stereocenters. The van der Waals surface area contributed by atoms with Crippen molar-refractivity contribution < 1.29 is 9.69 Å². The average molecular weight is 292 g/mol. The quantitative estimate of drug-likeness (QED) is 0.805. The maximum Gasteiger partial charge on any atom is 0.227 e. The maximum absolute atomic E-state index is 12.5. The lowest BCUT2D eigenvalue weighted by Crippen LogP contribution is -3.12. The number of rotatable bonds is 2. The Kier molecular flexibility index (Phi) is 3.96. The normalized spacial score (nSPS) is 31.1. The third-order valence-corrected chi connectivity index (χ3v) is 4.66. The van der Waals surface area contributed by atoms with E-state index in [1.807, 2.05) is 11.0 Å². The van der Waals surface area contributed by atoms with E-state index in [9.17, 15) is 4.79 Å². The topological polar surface area (TPSA) is 24.8 Å². The molecule has 1 aliphatic heterocycles. The summed E-state index contributed by atoms with van der Waals surface area (Å²) in [6.07, 6.45) is 1.81. The van der Waals surface area contributed by atoms with Gasteiger partial charge in [0.2, 0.25) is 5.91 Å². The smallest absolute Gasteiger partial charge is 0.227 e. The predicted octanol–water partition coefficient (Wildman–Crippen LogP) is 0.935. The molecule has 1 aliphatic carbocycles. The van der Waals surface area contributed by atoms with Crippen molar-refractivity contribution in [3.63, 3.8) is 0 Å². The highest BCUT2D eigenvalue weighted by atomic mass is 35.5. The molecular formula is C13H21Cl2N2O+. The average Bonchev–Trinajstić information content (AvgIpc) is 2.79. The minimum atomic E-state index is -0.0116. The van der Waals surface area contributed by atoms with Crippen molar-refractivity contribution in [2.45, 2.75) is 13.8 Å². The van der Waals surface area contributed by atoms with Crippen LogP contribution in [-0.4, -0.2) is 44.0 Å². The summed E-state index contributed by atoms with van der Waals surface area (Å²) in [5, 5.41) is 0. The van der Waals surface area contributed by atoms with E-state index in [0.29, 0.717) is 0 Å². The molecule has 0 radical (unpaired) electrons. The second-order valence-electron chi connectivity index (χ2n) is 6.06. The van der Waals surface area contributed by atoms with Crippen LogP contribution in [0, 0.1) is 17.3 Å². The Morgan fingerprint density at radius 1 is 1.33 bits per heavy atom. The largest absolute Gasteiger partial charge is 0.334 e. The first-order chi connectivity index (χ1) is 8.34. The molecule has 1 saturated heterocycles. The number of hydrogen-bond acceptors (Lipinski definition) is 1. The van der Waals surface area contributed by atoms with Crippen molar-refractivity contribution in [1.29, 1.82) is 0 Å². The molecule has 18 heavy (non-hydrogen) atoms. The van der Waals surface area contributed by atoms with E-state index in [-0.39, 0.29) is 27.6 Å². The number of quaternary nitrogens is 1. The minimum absolute atomic E-state index is 0.0116. The highest BCUT2D eigenvalue weighted by Gasteiger charge is 2.61. The molecule has 102 valence electrons. The van der Waals surface area contributed by atoms with Crippen LogP contribution in [0.5, 0.6) is 0 Å². The van der Waals surface area contributed by atoms with Gasteiger partial charge in [-0.15, -0.1) is 0 Å². The SMILES string of the molecule is C[NH+]1CCN(C(=O)[C@H]2[C@@H](C=C(Cl)Cl)C2(C)C)CC1. The van der Waals surface area contributed by atoms with Crippen LogP contribution in [0.1, 0.15) is 13.8 Å². The van der Waals surface area contributed by atoms with Crippen molar-refractivity contribution in [1.82, 2.24) is 4.90 Å². The van der Waals surface area contributed by atoms with Gasteiger partial charge in [0.1, 0.15) is 4.49 Å². The van der Waals surface area contributed by atoms with E-state index in [1.54, 1.807) is 0 Å². The van der Waals surface area contributed by atoms with Crippen molar-refractivity contribution in [2.24, 2.45) is 17.3 Å². The van der Waals surface area contributed by atoms with Crippen LogP contribution in [0.25, 0.3) is 0 Å². The zero-order valence-electron chi connectivity index (χ0n) is 11.2. The first-order valence-corrected chi connectivity index (χ1v) is 7.22. The molecule has 0 aromatic carbocycles. The number of allylic oxidation sites excluding steroid dienone is 1. The Morgan fingerprint density at radius 2 is 1.89 bits per heavy atom. The minimum Gasteiger partial charge on any atom is -0.334 e. The first kappa shape index (κ1) is 14.2. The number of nitrogens with one attached hydrogen (secondary N) is 1. The summed E-state index contributed by atoms with van der Waals surface area (Å²) in [6, 6.07) is 0. The standard InChI is InChI=1S/C13H20Cl2N2O/c1-13(2)9(8-10(14)15)11(13)12(18)17-6-4-16(3)5-7-17/h8-9,11H,4-7H2,1-3H3/p+1/t9-,11-/m1/s1. The van der Waals surface area contributed by atoms with Crippen molar-refractivity contribution >= 4 is 29.1 Å². The van der Waals surface area contributed by atoms with Crippen molar-refractivity contribution in [3.8, 4) is 0 Å². The molecule has 5 heteroatoms. The van der Waals surface area contributed by atoms with Crippen molar-refractivity contribution in [2.75, 3.05) is 33.2 Å². The van der Waals surface area contributed by atoms with Gasteiger partial charge in [-0.3, -0.25) is 4.79 Å². The summed E-state index contributed by atoms with van der Waals surface area (Å²) >= 11 is 11.4. The van der Waals surface area contributed by atoms with Crippen LogP contribution < -0.4 is 4.90 Å². The predicted molar refractivity (Wildman–Crippen MR) is 73.8 cm³/mol. The van der Waals surface area contributed by atoms with Crippen LogP contribution in [0.15, 0.2) is 10.6 Å². The number of likely N-dealkylation sites (N-methyl/N-ethyl adjacent to an activating group) is 1. The van der Waals surface area contributed by atoms with E-state index in [1.165, 1.54) is 4.90 Å². The summed E-state index contributed by atoms with van der Waals surface area (Å²) in [6.45, 7) is 8.01. The van der Waals surface area contributed by atoms with Crippen LogP contribution in [0.3, 0.4) is 0 Å². The Hall–Kier alpha value is -0.250. The highest BCUT2D eigenvalue weighted by molar-refractivity contribution is 6.55. The molecule has 1 heterocycles. The van der Waals surface area contributed by atoms with E-state index < -0.39 is 0 Å². The lowest BCUT2D eigenvalue weighted by Gasteiger charge is -2.30. The number of amides is 1. The first-order valence-electron chi connectivity index (χ1n) is 6.47. The molecule has 0 aromatic heterocycles. The van der Waals surface area contributed by atoms with Crippen LogP contribution >= 0.6 is 23.2 Å². The van der Waals surface area contributed by atoms with E-state index >= 15 is 0 Å². The van der Waals surface area contributed by atoms with E-state index in [0.717, 1.165) is 26.2 Å². The fourth-order valence-corrected chi connectivity index (χ4v) is 3.17. The van der Waals surface area contributed by atoms with Gasteiger partial charge in [0.15, 0.2) is 0 Å². The fraction of sp³-hybridized carbons (Fsp3) is 0.769. The monoisotopic (exact) mass is 291 g/mol. The molecule has 1 amide bonds. The molecule has 2 atom stereocenters. The van der Waals surface area contributed by atoms with Crippen LogP contribution in [0.2, 0.25) is 0 Å². The lowest BCUT2D eigenvalue weighted by molar-refractivity contribution is -0.883. The Labute approximate surface area is 119 Å². The maximum atomic E-state index is 12.5. The van der Waals surface area contributed by atoms with Gasteiger partial charge in [-0.1, -0.05) is 37.0 Å². The summed E-state index contributed by atoms with van der Waals surface area (Å²) in [5.41, 5.74) is -0.0116. The second kappa shape index (κ2) is 5.03. The summed E-state index contributed by atoms with van der Waals surface area (Å²) < 4.78 is 0.270. The molecule has 2 rings (SSSR count). The van der Waals surface area contributed by atoms with Gasteiger partial charge in [-0.25, -0.2) is 0 Å². The van der Waals surface area contributed by atoms with Gasteiger partial charge < -0.3 is 9.80 Å².